The molecule has 0 saturated carbocycles. The van der Waals surface area contributed by atoms with E-state index >= 15 is 0 Å². The van der Waals surface area contributed by atoms with Crippen LogP contribution in [0.3, 0.4) is 0 Å². The van der Waals surface area contributed by atoms with Crippen molar-refractivity contribution < 1.29 is 9.53 Å². The molecule has 0 saturated heterocycles. The Bertz CT molecular complexity index is 624. The molecule has 1 amide bonds. The summed E-state index contributed by atoms with van der Waals surface area (Å²) in [6, 6.07) is 13.2. The Balaban J connectivity index is 1.96. The van der Waals surface area contributed by atoms with Crippen LogP contribution in [-0.2, 0) is 6.54 Å². The summed E-state index contributed by atoms with van der Waals surface area (Å²) in [7, 11) is 1.63. The van der Waals surface area contributed by atoms with Gasteiger partial charge in [0.1, 0.15) is 17.3 Å². The first-order chi connectivity index (χ1) is 10.6. The third-order valence-corrected chi connectivity index (χ3v) is 3.03. The Morgan fingerprint density at radius 1 is 1.18 bits per heavy atom. The molecule has 0 aliphatic heterocycles. The summed E-state index contributed by atoms with van der Waals surface area (Å²) < 4.78 is 5.10. The van der Waals surface area contributed by atoms with Gasteiger partial charge in [-0.2, -0.15) is 0 Å². The summed E-state index contributed by atoms with van der Waals surface area (Å²) in [5.74, 6) is 1.31. The maximum Gasteiger partial charge on any atom is 0.270 e. The van der Waals surface area contributed by atoms with Gasteiger partial charge in [-0.05, 0) is 43.7 Å². The Morgan fingerprint density at radius 2 is 1.91 bits per heavy atom. The van der Waals surface area contributed by atoms with E-state index in [0.29, 0.717) is 18.1 Å². The number of pyridine rings is 1. The molecule has 0 atom stereocenters. The highest BCUT2D eigenvalue weighted by atomic mass is 16.5. The van der Waals surface area contributed by atoms with E-state index in [4.69, 9.17) is 4.74 Å². The average molecular weight is 299 g/mol. The second kappa shape index (κ2) is 7.45. The monoisotopic (exact) mass is 299 g/mol. The highest BCUT2D eigenvalue weighted by Crippen LogP contribution is 2.11. The predicted molar refractivity (Wildman–Crippen MR) is 87.2 cm³/mol. The number of amides is 1. The molecule has 2 N–H and O–H groups in total. The standard InChI is InChI=1S/C17H21N3O2/c1-12(2)19-16-6-4-5-15(20-16)17(21)18-11-13-7-9-14(22-3)10-8-13/h4-10,12H,11H2,1-3H3,(H,18,21)(H,19,20). The molecule has 1 heterocycles. The molecule has 22 heavy (non-hydrogen) atoms. The number of nitrogens with one attached hydrogen (secondary N) is 2. The predicted octanol–water partition coefficient (Wildman–Crippen LogP) is 2.84. The van der Waals surface area contributed by atoms with Crippen LogP contribution in [0.1, 0.15) is 29.9 Å². The third kappa shape index (κ3) is 4.48. The van der Waals surface area contributed by atoms with Crippen LogP contribution in [0.5, 0.6) is 5.75 Å². The molecule has 2 aromatic rings. The van der Waals surface area contributed by atoms with Crippen molar-refractivity contribution in [1.82, 2.24) is 10.3 Å². The normalized spacial score (nSPS) is 10.4. The number of carbonyl (C=O) groups excluding carboxylic acids is 1. The molecule has 0 unspecified atom stereocenters. The maximum absolute atomic E-state index is 12.2. The molecule has 2 rings (SSSR count). The fourth-order valence-electron chi connectivity index (χ4n) is 1.95. The van der Waals surface area contributed by atoms with E-state index in [0.717, 1.165) is 11.3 Å². The van der Waals surface area contributed by atoms with Crippen LogP contribution in [0, 0.1) is 0 Å². The molecular formula is C17H21N3O2. The summed E-state index contributed by atoms with van der Waals surface area (Å²) in [4.78, 5) is 16.5. The fourth-order valence-corrected chi connectivity index (χ4v) is 1.95. The van der Waals surface area contributed by atoms with Crippen LogP contribution in [0.2, 0.25) is 0 Å². The average Bonchev–Trinajstić information content (AvgIpc) is 2.52. The SMILES string of the molecule is COc1ccc(CNC(=O)c2cccc(NC(C)C)n2)cc1. The van der Waals surface area contributed by atoms with Crippen molar-refractivity contribution in [2.75, 3.05) is 12.4 Å². The molecule has 5 heteroatoms. The summed E-state index contributed by atoms with van der Waals surface area (Å²) in [6.45, 7) is 4.50. The zero-order valence-electron chi connectivity index (χ0n) is 13.1. The molecule has 1 aromatic carbocycles. The minimum atomic E-state index is -0.191. The van der Waals surface area contributed by atoms with Crippen LogP contribution < -0.4 is 15.4 Å². The molecule has 0 radical (unpaired) electrons. The van der Waals surface area contributed by atoms with Gasteiger partial charge in [-0.1, -0.05) is 18.2 Å². The molecule has 0 aliphatic rings. The molecular weight excluding hydrogens is 278 g/mol. The van der Waals surface area contributed by atoms with Gasteiger partial charge in [0, 0.05) is 12.6 Å². The highest BCUT2D eigenvalue weighted by molar-refractivity contribution is 5.92. The van der Waals surface area contributed by atoms with E-state index in [9.17, 15) is 4.79 Å². The molecule has 0 bridgehead atoms. The smallest absolute Gasteiger partial charge is 0.270 e. The summed E-state index contributed by atoms with van der Waals surface area (Å²) in [5.41, 5.74) is 1.41. The number of rotatable bonds is 6. The van der Waals surface area contributed by atoms with Gasteiger partial charge in [-0.15, -0.1) is 0 Å². The third-order valence-electron chi connectivity index (χ3n) is 3.03. The lowest BCUT2D eigenvalue weighted by Crippen LogP contribution is -2.24. The molecule has 1 aromatic heterocycles. The van der Waals surface area contributed by atoms with Crippen molar-refractivity contribution >= 4 is 11.7 Å². The number of carbonyl (C=O) groups is 1. The summed E-state index contributed by atoms with van der Waals surface area (Å²) in [6.07, 6.45) is 0. The van der Waals surface area contributed by atoms with E-state index in [-0.39, 0.29) is 11.9 Å². The molecule has 5 nitrogen and oxygen atoms in total. The van der Waals surface area contributed by atoms with E-state index in [1.54, 1.807) is 13.2 Å². The number of hydrogen-bond acceptors (Lipinski definition) is 4. The number of ether oxygens (including phenoxy) is 1. The number of anilines is 1. The van der Waals surface area contributed by atoms with E-state index in [1.807, 2.05) is 50.2 Å². The minimum absolute atomic E-state index is 0.191. The van der Waals surface area contributed by atoms with Gasteiger partial charge in [-0.25, -0.2) is 4.98 Å². The van der Waals surface area contributed by atoms with Crippen molar-refractivity contribution in [3.05, 3.63) is 53.7 Å². The summed E-state index contributed by atoms with van der Waals surface area (Å²) in [5, 5.41) is 6.04. The van der Waals surface area contributed by atoms with Crippen LogP contribution in [-0.4, -0.2) is 24.0 Å². The number of aromatic nitrogens is 1. The first-order valence-electron chi connectivity index (χ1n) is 7.23. The van der Waals surface area contributed by atoms with Gasteiger partial charge in [0.15, 0.2) is 0 Å². The van der Waals surface area contributed by atoms with Crippen molar-refractivity contribution in [3.8, 4) is 5.75 Å². The lowest BCUT2D eigenvalue weighted by atomic mass is 10.2. The highest BCUT2D eigenvalue weighted by Gasteiger charge is 2.08. The van der Waals surface area contributed by atoms with Crippen LogP contribution >= 0.6 is 0 Å². The Kier molecular flexibility index (Phi) is 5.36. The fraction of sp³-hybridized carbons (Fsp3) is 0.294. The lowest BCUT2D eigenvalue weighted by Gasteiger charge is -2.10. The van der Waals surface area contributed by atoms with Crippen LogP contribution in [0.25, 0.3) is 0 Å². The van der Waals surface area contributed by atoms with Gasteiger partial charge < -0.3 is 15.4 Å². The molecule has 0 fully saturated rings. The van der Waals surface area contributed by atoms with E-state index in [2.05, 4.69) is 15.6 Å². The van der Waals surface area contributed by atoms with Gasteiger partial charge >= 0.3 is 0 Å². The van der Waals surface area contributed by atoms with Crippen LogP contribution in [0.15, 0.2) is 42.5 Å². The molecule has 0 aliphatic carbocycles. The van der Waals surface area contributed by atoms with Crippen molar-refractivity contribution in [1.29, 1.82) is 0 Å². The first kappa shape index (κ1) is 15.8. The Labute approximate surface area is 130 Å². The zero-order chi connectivity index (χ0) is 15.9. The Morgan fingerprint density at radius 3 is 2.55 bits per heavy atom. The topological polar surface area (TPSA) is 63.2 Å². The largest absolute Gasteiger partial charge is 0.497 e. The van der Waals surface area contributed by atoms with Gasteiger partial charge in [0.25, 0.3) is 5.91 Å². The molecule has 0 spiro atoms. The number of methoxy groups -OCH3 is 1. The minimum Gasteiger partial charge on any atom is -0.497 e. The second-order valence-electron chi connectivity index (χ2n) is 5.24. The Hall–Kier alpha value is -2.56. The van der Waals surface area contributed by atoms with Crippen LogP contribution in [0.4, 0.5) is 5.82 Å². The zero-order valence-corrected chi connectivity index (χ0v) is 13.1. The van der Waals surface area contributed by atoms with Gasteiger partial charge in [-0.3, -0.25) is 4.79 Å². The quantitative estimate of drug-likeness (QED) is 0.861. The van der Waals surface area contributed by atoms with Gasteiger partial charge in [0.2, 0.25) is 0 Å². The van der Waals surface area contributed by atoms with Gasteiger partial charge in [0.05, 0.1) is 7.11 Å². The first-order valence-corrected chi connectivity index (χ1v) is 7.23. The van der Waals surface area contributed by atoms with Crippen molar-refractivity contribution in [2.24, 2.45) is 0 Å². The van der Waals surface area contributed by atoms with Crippen molar-refractivity contribution in [2.45, 2.75) is 26.4 Å². The maximum atomic E-state index is 12.2. The second-order valence-corrected chi connectivity index (χ2v) is 5.24. The van der Waals surface area contributed by atoms with Crippen molar-refractivity contribution in [3.63, 3.8) is 0 Å². The number of nitrogens with zero attached hydrogens (tertiary/aromatic N) is 1. The van der Waals surface area contributed by atoms with E-state index in [1.165, 1.54) is 0 Å². The molecule has 116 valence electrons. The lowest BCUT2D eigenvalue weighted by molar-refractivity contribution is 0.0946. The number of benzene rings is 1. The summed E-state index contributed by atoms with van der Waals surface area (Å²) >= 11 is 0. The van der Waals surface area contributed by atoms with E-state index < -0.39 is 0 Å². The number of hydrogen-bond donors (Lipinski definition) is 2.